The van der Waals surface area contributed by atoms with Crippen LogP contribution in [0.15, 0.2) is 52.3 Å². The number of nitrogens with one attached hydrogen (secondary N) is 1. The Kier molecular flexibility index (Phi) is 7.78. The van der Waals surface area contributed by atoms with Gasteiger partial charge in [-0.2, -0.15) is 4.98 Å². The minimum absolute atomic E-state index is 0.0417. The van der Waals surface area contributed by atoms with Gasteiger partial charge in [0.25, 0.3) is 5.56 Å². The molecule has 1 amide bonds. The zero-order valence-electron chi connectivity index (χ0n) is 26.1. The summed E-state index contributed by atoms with van der Waals surface area (Å²) in [6.07, 6.45) is 4.38. The van der Waals surface area contributed by atoms with E-state index in [0.717, 1.165) is 34.7 Å². The van der Waals surface area contributed by atoms with Crippen molar-refractivity contribution in [3.8, 4) is 11.8 Å². The number of fused-ring (bicyclic) bond motifs is 4. The fourth-order valence-corrected chi connectivity index (χ4v) is 5.98. The van der Waals surface area contributed by atoms with Crippen LogP contribution in [0, 0.1) is 11.8 Å². The Balaban J connectivity index is 1.44. The van der Waals surface area contributed by atoms with E-state index in [4.69, 9.17) is 9.72 Å². The Hall–Kier alpha value is -5.18. The van der Waals surface area contributed by atoms with Gasteiger partial charge in [-0.25, -0.2) is 9.59 Å². The lowest BCUT2D eigenvalue weighted by Crippen LogP contribution is -2.49. The van der Waals surface area contributed by atoms with Crippen molar-refractivity contribution in [2.45, 2.75) is 65.3 Å². The van der Waals surface area contributed by atoms with E-state index in [1.54, 1.807) is 30.9 Å². The molecular weight excluding hydrogens is 572 g/mol. The zero-order chi connectivity index (χ0) is 31.9. The number of amides is 1. The van der Waals surface area contributed by atoms with Gasteiger partial charge >= 0.3 is 11.8 Å². The molecule has 12 nitrogen and oxygen atoms in total. The summed E-state index contributed by atoms with van der Waals surface area (Å²) in [7, 11) is 1.63. The molecule has 0 radical (unpaired) electrons. The third-order valence-corrected chi connectivity index (χ3v) is 7.95. The van der Waals surface area contributed by atoms with Crippen LogP contribution < -0.4 is 21.5 Å². The van der Waals surface area contributed by atoms with Crippen LogP contribution in [0.1, 0.15) is 46.1 Å². The Bertz CT molecular complexity index is 2130. The summed E-state index contributed by atoms with van der Waals surface area (Å²) in [5, 5.41) is 4.76. The number of anilines is 1. The second-order valence-corrected chi connectivity index (χ2v) is 12.3. The van der Waals surface area contributed by atoms with Crippen LogP contribution in [-0.4, -0.2) is 59.5 Å². The first-order chi connectivity index (χ1) is 21.6. The van der Waals surface area contributed by atoms with Crippen LogP contribution in [0.4, 0.5) is 10.7 Å². The minimum Gasteiger partial charge on any atom is -0.444 e. The number of hydrogen-bond acceptors (Lipinski definition) is 8. The number of benzene rings is 2. The smallest absolute Gasteiger partial charge is 0.407 e. The van der Waals surface area contributed by atoms with Crippen LogP contribution >= 0.6 is 0 Å². The van der Waals surface area contributed by atoms with Crippen LogP contribution in [0.2, 0.25) is 0 Å². The van der Waals surface area contributed by atoms with Gasteiger partial charge in [0.2, 0.25) is 5.95 Å². The summed E-state index contributed by atoms with van der Waals surface area (Å²) in [6.45, 7) is 8.60. The monoisotopic (exact) mass is 608 g/mol. The molecule has 2 aromatic carbocycles. The van der Waals surface area contributed by atoms with Crippen molar-refractivity contribution in [3.63, 3.8) is 0 Å². The summed E-state index contributed by atoms with van der Waals surface area (Å²) in [5.74, 6) is 6.51. The molecule has 0 unspecified atom stereocenters. The lowest BCUT2D eigenvalue weighted by molar-refractivity contribution is 0.0499. The van der Waals surface area contributed by atoms with E-state index in [-0.39, 0.29) is 24.8 Å². The Morgan fingerprint density at radius 2 is 1.87 bits per heavy atom. The molecule has 1 fully saturated rings. The molecule has 0 bridgehead atoms. The highest BCUT2D eigenvalue weighted by Crippen LogP contribution is 2.27. The lowest BCUT2D eigenvalue weighted by Gasteiger charge is -2.34. The Morgan fingerprint density at radius 3 is 2.62 bits per heavy atom. The number of hydrogen-bond donors (Lipinski definition) is 1. The van der Waals surface area contributed by atoms with Gasteiger partial charge in [-0.3, -0.25) is 28.5 Å². The van der Waals surface area contributed by atoms with Crippen molar-refractivity contribution in [2.24, 2.45) is 7.05 Å². The maximum Gasteiger partial charge on any atom is 0.407 e. The van der Waals surface area contributed by atoms with Gasteiger partial charge in [0.05, 0.1) is 24.1 Å². The number of aromatic nitrogens is 6. The molecule has 5 aromatic rings. The fourth-order valence-electron chi connectivity index (χ4n) is 5.98. The van der Waals surface area contributed by atoms with Crippen LogP contribution in [-0.2, 0) is 24.9 Å². The SMILES string of the molecule is CC#CCn1c(N2CCC[C@@H](NC(=O)OC(C)(C)C)C2)nc2c1c(=O)n(Cc1cc3nccnc3c3ccccc13)c(=O)n2C. The molecule has 1 N–H and O–H groups in total. The first-order valence-corrected chi connectivity index (χ1v) is 15.0. The Labute approximate surface area is 259 Å². The van der Waals surface area contributed by atoms with E-state index in [2.05, 4.69) is 27.1 Å². The normalized spacial score (nSPS) is 15.3. The van der Waals surface area contributed by atoms with E-state index in [9.17, 15) is 14.4 Å². The number of ether oxygens (including phenoxy) is 1. The molecule has 0 saturated carbocycles. The number of rotatable bonds is 5. The first kappa shape index (κ1) is 29.9. The van der Waals surface area contributed by atoms with Gasteiger partial charge in [0, 0.05) is 44.0 Å². The van der Waals surface area contributed by atoms with E-state index < -0.39 is 22.9 Å². The van der Waals surface area contributed by atoms with Gasteiger partial charge in [-0.15, -0.1) is 5.92 Å². The van der Waals surface area contributed by atoms with E-state index in [1.807, 2.05) is 56.0 Å². The van der Waals surface area contributed by atoms with Gasteiger partial charge in [0.1, 0.15) is 5.60 Å². The number of alkyl carbamates (subject to hydrolysis) is 1. The quantitative estimate of drug-likeness (QED) is 0.237. The molecule has 1 aliphatic rings. The maximum absolute atomic E-state index is 14.2. The fraction of sp³-hybridized carbons (Fsp3) is 0.394. The molecule has 1 saturated heterocycles. The summed E-state index contributed by atoms with van der Waals surface area (Å²) in [5.41, 5.74) is 1.26. The van der Waals surface area contributed by atoms with E-state index in [0.29, 0.717) is 30.1 Å². The highest BCUT2D eigenvalue weighted by Gasteiger charge is 2.29. The summed E-state index contributed by atoms with van der Waals surface area (Å²) in [6, 6.07) is 9.49. The molecule has 1 atom stereocenters. The largest absolute Gasteiger partial charge is 0.444 e. The summed E-state index contributed by atoms with van der Waals surface area (Å²) >= 11 is 0. The molecule has 12 heteroatoms. The molecule has 0 spiro atoms. The van der Waals surface area contributed by atoms with E-state index >= 15 is 0 Å². The molecule has 6 rings (SSSR count). The topological polar surface area (TPSA) is 129 Å². The second-order valence-electron chi connectivity index (χ2n) is 12.3. The molecule has 4 heterocycles. The molecule has 45 heavy (non-hydrogen) atoms. The predicted octanol–water partition coefficient (Wildman–Crippen LogP) is 3.56. The van der Waals surface area contributed by atoms with Gasteiger partial charge in [-0.1, -0.05) is 30.2 Å². The molecule has 0 aliphatic carbocycles. The molecule has 232 valence electrons. The third-order valence-electron chi connectivity index (χ3n) is 7.95. The number of imidazole rings is 1. The van der Waals surface area contributed by atoms with Crippen molar-refractivity contribution >= 4 is 45.0 Å². The minimum atomic E-state index is -0.609. The average Bonchev–Trinajstić information content (AvgIpc) is 3.40. The van der Waals surface area contributed by atoms with Crippen molar-refractivity contribution in [1.82, 2.24) is 34.0 Å². The highest BCUT2D eigenvalue weighted by atomic mass is 16.6. The molecular formula is C33H36N8O4. The van der Waals surface area contributed by atoms with Crippen molar-refractivity contribution < 1.29 is 9.53 Å². The first-order valence-electron chi connectivity index (χ1n) is 15.0. The van der Waals surface area contributed by atoms with Crippen molar-refractivity contribution in [2.75, 3.05) is 18.0 Å². The third kappa shape index (κ3) is 5.73. The predicted molar refractivity (Wildman–Crippen MR) is 173 cm³/mol. The van der Waals surface area contributed by atoms with Gasteiger partial charge < -0.3 is 15.0 Å². The van der Waals surface area contributed by atoms with Crippen LogP contribution in [0.5, 0.6) is 0 Å². The van der Waals surface area contributed by atoms with Gasteiger partial charge in [0.15, 0.2) is 11.2 Å². The molecule has 3 aromatic heterocycles. The van der Waals surface area contributed by atoms with Crippen molar-refractivity contribution in [1.29, 1.82) is 0 Å². The highest BCUT2D eigenvalue weighted by molar-refractivity contribution is 6.05. The van der Waals surface area contributed by atoms with E-state index in [1.165, 1.54) is 9.13 Å². The number of nitrogens with zero attached hydrogens (tertiary/aromatic N) is 7. The van der Waals surface area contributed by atoms with Crippen LogP contribution in [0.25, 0.3) is 33.0 Å². The summed E-state index contributed by atoms with van der Waals surface area (Å²) in [4.78, 5) is 56.4. The number of carbonyl (C=O) groups is 1. The number of carbonyl (C=O) groups excluding carboxylic acids is 1. The standard InChI is InChI=1S/C33H36N8O4/c1-6-7-17-40-27-28(37-30(40)39-16-10-11-22(20-39)36-31(43)45-33(2,3)4)38(5)32(44)41(29(27)42)19-21-18-25-26(35-15-14-34-25)24-13-9-8-12-23(21)24/h8-9,12-15,18,22H,10-11,16-17,19-20H2,1-5H3,(H,36,43)/t22-/m1/s1. The lowest BCUT2D eigenvalue weighted by atomic mass is 10.0. The number of aryl methyl sites for hydroxylation is 1. The zero-order valence-corrected chi connectivity index (χ0v) is 26.1. The molecule has 1 aliphatic heterocycles. The maximum atomic E-state index is 14.2. The summed E-state index contributed by atoms with van der Waals surface area (Å²) < 4.78 is 9.91. The van der Waals surface area contributed by atoms with Crippen LogP contribution in [0.3, 0.4) is 0 Å². The second kappa shape index (κ2) is 11.7. The average molecular weight is 609 g/mol. The number of piperidine rings is 1. The van der Waals surface area contributed by atoms with Gasteiger partial charge in [-0.05, 0) is 57.6 Å². The Morgan fingerprint density at radius 1 is 1.11 bits per heavy atom. The van der Waals surface area contributed by atoms with Crippen molar-refractivity contribution in [3.05, 3.63) is 69.1 Å².